The summed E-state index contributed by atoms with van der Waals surface area (Å²) in [6, 6.07) is 2.17. The van der Waals surface area contributed by atoms with Crippen molar-refractivity contribution in [3.63, 3.8) is 0 Å². The Morgan fingerprint density at radius 3 is 2.50 bits per heavy atom. The van der Waals surface area contributed by atoms with E-state index in [0.717, 1.165) is 31.5 Å². The molecule has 1 aliphatic rings. The topological polar surface area (TPSA) is 28.2 Å². The Bertz CT molecular complexity index is 426. The molecule has 2 heterocycles. The van der Waals surface area contributed by atoms with E-state index in [0.29, 0.717) is 0 Å². The molecule has 0 radical (unpaired) electrons. The van der Waals surface area contributed by atoms with Crippen LogP contribution >= 0.6 is 0 Å². The summed E-state index contributed by atoms with van der Waals surface area (Å²) in [6.45, 7) is 14.5. The molecule has 3 heteroatoms. The lowest BCUT2D eigenvalue weighted by molar-refractivity contribution is 0.355. The van der Waals surface area contributed by atoms with Crippen LogP contribution in [0, 0.1) is 11.8 Å². The molecule has 1 aliphatic heterocycles. The summed E-state index contributed by atoms with van der Waals surface area (Å²) < 4.78 is 0. The molecule has 0 amide bonds. The quantitative estimate of drug-likeness (QED) is 0.916. The Labute approximate surface area is 123 Å². The molecule has 0 saturated carbocycles. The van der Waals surface area contributed by atoms with Crippen molar-refractivity contribution in [2.75, 3.05) is 18.0 Å². The lowest BCUT2D eigenvalue weighted by Crippen LogP contribution is -2.40. The van der Waals surface area contributed by atoms with Crippen molar-refractivity contribution in [1.29, 1.82) is 0 Å². The third kappa shape index (κ3) is 4.20. The number of nitrogens with one attached hydrogen (secondary N) is 1. The van der Waals surface area contributed by atoms with Crippen molar-refractivity contribution in [3.05, 3.63) is 24.0 Å². The van der Waals surface area contributed by atoms with Crippen LogP contribution in [0.5, 0.6) is 0 Å². The molecule has 0 bridgehead atoms. The average Bonchev–Trinajstić information content (AvgIpc) is 2.34. The standard InChI is InChI=1S/C17H29N3/c1-13-8-14(2)12-20(11-13)16-6-7-18-9-15(16)10-19-17(3,4)5/h6-7,9,13-14,19H,8,10-12H2,1-5H3. The molecule has 2 rings (SSSR count). The Morgan fingerprint density at radius 2 is 1.90 bits per heavy atom. The van der Waals surface area contributed by atoms with E-state index < -0.39 is 0 Å². The normalized spacial score (nSPS) is 23.9. The first-order valence-corrected chi connectivity index (χ1v) is 7.78. The van der Waals surface area contributed by atoms with Crippen molar-refractivity contribution in [3.8, 4) is 0 Å². The van der Waals surface area contributed by atoms with Crippen LogP contribution in [0.15, 0.2) is 18.5 Å². The molecule has 1 fully saturated rings. The minimum atomic E-state index is 0.135. The van der Waals surface area contributed by atoms with Gasteiger partial charge in [-0.05, 0) is 45.1 Å². The van der Waals surface area contributed by atoms with Crippen LogP contribution in [-0.4, -0.2) is 23.6 Å². The second-order valence-corrected chi connectivity index (χ2v) is 7.46. The molecular weight excluding hydrogens is 246 g/mol. The van der Waals surface area contributed by atoms with Gasteiger partial charge in [0.15, 0.2) is 0 Å². The van der Waals surface area contributed by atoms with Gasteiger partial charge < -0.3 is 10.2 Å². The number of hydrogen-bond donors (Lipinski definition) is 1. The highest BCUT2D eigenvalue weighted by molar-refractivity contribution is 5.52. The van der Waals surface area contributed by atoms with E-state index in [-0.39, 0.29) is 5.54 Å². The summed E-state index contributed by atoms with van der Waals surface area (Å²) in [5, 5.41) is 3.57. The summed E-state index contributed by atoms with van der Waals surface area (Å²) in [5.41, 5.74) is 2.80. The van der Waals surface area contributed by atoms with Crippen LogP contribution in [-0.2, 0) is 6.54 Å². The number of anilines is 1. The Balaban J connectivity index is 2.14. The third-order valence-electron chi connectivity index (χ3n) is 3.90. The van der Waals surface area contributed by atoms with Gasteiger partial charge >= 0.3 is 0 Å². The molecule has 1 aromatic rings. The number of pyridine rings is 1. The minimum absolute atomic E-state index is 0.135. The molecule has 2 unspecified atom stereocenters. The molecule has 3 nitrogen and oxygen atoms in total. The molecule has 20 heavy (non-hydrogen) atoms. The zero-order chi connectivity index (χ0) is 14.8. The van der Waals surface area contributed by atoms with Gasteiger partial charge in [-0.15, -0.1) is 0 Å². The Kier molecular flexibility index (Phi) is 4.69. The van der Waals surface area contributed by atoms with Crippen molar-refractivity contribution in [2.24, 2.45) is 11.8 Å². The van der Waals surface area contributed by atoms with E-state index in [1.165, 1.54) is 17.7 Å². The number of nitrogens with zero attached hydrogens (tertiary/aromatic N) is 2. The fourth-order valence-electron chi connectivity index (χ4n) is 3.08. The van der Waals surface area contributed by atoms with E-state index in [2.05, 4.69) is 55.9 Å². The molecule has 112 valence electrons. The molecule has 0 aromatic carbocycles. The van der Waals surface area contributed by atoms with Crippen molar-refractivity contribution < 1.29 is 0 Å². The summed E-state index contributed by atoms with van der Waals surface area (Å²) in [6.07, 6.45) is 5.27. The Morgan fingerprint density at radius 1 is 1.25 bits per heavy atom. The maximum Gasteiger partial charge on any atom is 0.0443 e. The molecule has 0 aliphatic carbocycles. The van der Waals surface area contributed by atoms with Gasteiger partial charge in [0.2, 0.25) is 0 Å². The fourth-order valence-corrected chi connectivity index (χ4v) is 3.08. The minimum Gasteiger partial charge on any atom is -0.371 e. The van der Waals surface area contributed by atoms with E-state index >= 15 is 0 Å². The van der Waals surface area contributed by atoms with Gasteiger partial charge in [-0.1, -0.05) is 13.8 Å². The lowest BCUT2D eigenvalue weighted by Gasteiger charge is -2.37. The van der Waals surface area contributed by atoms with Gasteiger partial charge in [-0.2, -0.15) is 0 Å². The molecular formula is C17H29N3. The van der Waals surface area contributed by atoms with Crippen molar-refractivity contribution in [2.45, 2.75) is 53.1 Å². The predicted octanol–water partition coefficient (Wildman–Crippen LogP) is 3.45. The van der Waals surface area contributed by atoms with Gasteiger partial charge in [0.05, 0.1) is 0 Å². The van der Waals surface area contributed by atoms with Crippen LogP contribution in [0.2, 0.25) is 0 Å². The first-order valence-electron chi connectivity index (χ1n) is 7.78. The van der Waals surface area contributed by atoms with Gasteiger partial charge in [0, 0.05) is 48.8 Å². The average molecular weight is 275 g/mol. The molecule has 1 aromatic heterocycles. The van der Waals surface area contributed by atoms with Crippen LogP contribution in [0.25, 0.3) is 0 Å². The summed E-state index contributed by atoms with van der Waals surface area (Å²) in [4.78, 5) is 6.85. The summed E-state index contributed by atoms with van der Waals surface area (Å²) in [5.74, 6) is 1.55. The first kappa shape index (κ1) is 15.3. The largest absolute Gasteiger partial charge is 0.371 e. The van der Waals surface area contributed by atoms with E-state index in [1.54, 1.807) is 0 Å². The van der Waals surface area contributed by atoms with Crippen LogP contribution in [0.3, 0.4) is 0 Å². The predicted molar refractivity (Wildman–Crippen MR) is 86.0 cm³/mol. The first-order chi connectivity index (χ1) is 9.35. The third-order valence-corrected chi connectivity index (χ3v) is 3.90. The molecule has 2 atom stereocenters. The maximum absolute atomic E-state index is 4.31. The summed E-state index contributed by atoms with van der Waals surface area (Å²) in [7, 11) is 0. The number of aromatic nitrogens is 1. The summed E-state index contributed by atoms with van der Waals surface area (Å²) >= 11 is 0. The van der Waals surface area contributed by atoms with Crippen molar-refractivity contribution in [1.82, 2.24) is 10.3 Å². The van der Waals surface area contributed by atoms with E-state index in [4.69, 9.17) is 0 Å². The SMILES string of the molecule is CC1CC(C)CN(c2ccncc2CNC(C)(C)C)C1. The van der Waals surface area contributed by atoms with Crippen LogP contribution in [0.1, 0.15) is 46.6 Å². The van der Waals surface area contributed by atoms with Gasteiger partial charge in [0.25, 0.3) is 0 Å². The number of piperidine rings is 1. The fraction of sp³-hybridized carbons (Fsp3) is 0.706. The number of hydrogen-bond acceptors (Lipinski definition) is 3. The lowest BCUT2D eigenvalue weighted by atomic mass is 9.91. The highest BCUT2D eigenvalue weighted by Crippen LogP contribution is 2.28. The maximum atomic E-state index is 4.31. The second-order valence-electron chi connectivity index (χ2n) is 7.46. The zero-order valence-electron chi connectivity index (χ0n) is 13.6. The number of rotatable bonds is 3. The molecule has 0 spiro atoms. The van der Waals surface area contributed by atoms with Gasteiger partial charge in [0.1, 0.15) is 0 Å². The van der Waals surface area contributed by atoms with E-state index in [9.17, 15) is 0 Å². The molecule has 1 N–H and O–H groups in total. The molecule has 1 saturated heterocycles. The monoisotopic (exact) mass is 275 g/mol. The van der Waals surface area contributed by atoms with Crippen LogP contribution in [0.4, 0.5) is 5.69 Å². The smallest absolute Gasteiger partial charge is 0.0443 e. The van der Waals surface area contributed by atoms with Gasteiger partial charge in [-0.3, -0.25) is 4.98 Å². The van der Waals surface area contributed by atoms with Crippen LogP contribution < -0.4 is 10.2 Å². The van der Waals surface area contributed by atoms with Crippen molar-refractivity contribution >= 4 is 5.69 Å². The Hall–Kier alpha value is -1.09. The van der Waals surface area contributed by atoms with Gasteiger partial charge in [-0.25, -0.2) is 0 Å². The zero-order valence-corrected chi connectivity index (χ0v) is 13.6. The highest BCUT2D eigenvalue weighted by Gasteiger charge is 2.23. The van der Waals surface area contributed by atoms with E-state index in [1.807, 2.05) is 12.4 Å². The second kappa shape index (κ2) is 6.13. The highest BCUT2D eigenvalue weighted by atomic mass is 15.1.